The van der Waals surface area contributed by atoms with E-state index in [2.05, 4.69) is 22.8 Å². The summed E-state index contributed by atoms with van der Waals surface area (Å²) in [6.45, 7) is 15.4. The number of amides is 1. The van der Waals surface area contributed by atoms with E-state index in [9.17, 15) is 9.59 Å². The van der Waals surface area contributed by atoms with Gasteiger partial charge in [0.2, 0.25) is 0 Å². The number of morpholine rings is 1. The number of carbonyl (C=O) groups excluding carboxylic acids is 2. The minimum Gasteiger partial charge on any atom is -0.465 e. The van der Waals surface area contributed by atoms with Gasteiger partial charge >= 0.3 is 12.1 Å². The van der Waals surface area contributed by atoms with Gasteiger partial charge in [-0.15, -0.1) is 0 Å². The molecule has 8 heteroatoms. The number of methoxy groups -OCH3 is 1. The molecule has 0 radical (unpaired) electrons. The molecule has 1 heterocycles. The van der Waals surface area contributed by atoms with Crippen LogP contribution in [-0.2, 0) is 19.0 Å². The number of ether oxygens (including phenoxy) is 3. The molecule has 0 bridgehead atoms. The molecule has 0 aromatic carbocycles. The Morgan fingerprint density at radius 2 is 1.76 bits per heavy atom. The Hall–Kier alpha value is -2.32. The van der Waals surface area contributed by atoms with Crippen LogP contribution < -0.4 is 0 Å². The predicted octanol–water partition coefficient (Wildman–Crippen LogP) is 4.91. The van der Waals surface area contributed by atoms with E-state index in [4.69, 9.17) is 14.2 Å². The van der Waals surface area contributed by atoms with E-state index in [-0.39, 0.29) is 18.1 Å². The highest BCUT2D eigenvalue weighted by molar-refractivity contribution is 5.94. The average molecular weight is 532 g/mol. The lowest BCUT2D eigenvalue weighted by molar-refractivity contribution is -0.135. The van der Waals surface area contributed by atoms with Crippen LogP contribution in [0.15, 0.2) is 34.6 Å². The maximum atomic E-state index is 12.7. The van der Waals surface area contributed by atoms with E-state index in [1.54, 1.807) is 4.90 Å². The van der Waals surface area contributed by atoms with Crippen LogP contribution in [0.4, 0.5) is 4.79 Å². The van der Waals surface area contributed by atoms with Crippen molar-refractivity contribution in [3.8, 4) is 0 Å². The van der Waals surface area contributed by atoms with Crippen molar-refractivity contribution in [2.24, 2.45) is 0 Å². The summed E-state index contributed by atoms with van der Waals surface area (Å²) in [7, 11) is 3.30. The van der Waals surface area contributed by atoms with Crippen molar-refractivity contribution in [2.75, 3.05) is 53.6 Å². The van der Waals surface area contributed by atoms with E-state index in [1.807, 2.05) is 40.8 Å². The standard InChI is InChI=1S/C30H49N3O5/c1-8-33(25-13-11-24(12-14-25)31(6)29(35)38-30(3,4)5)27-21-23(20-26(22(27)2)28(34)36-7)10-9-15-32-16-18-37-19-17-32/h10,20,24-25H,8-9,11-19,21H2,1-7H3. The quantitative estimate of drug-likeness (QED) is 0.412. The van der Waals surface area contributed by atoms with Crippen LogP contribution in [0.3, 0.4) is 0 Å². The number of allylic oxidation sites excluding steroid dienone is 2. The molecule has 38 heavy (non-hydrogen) atoms. The van der Waals surface area contributed by atoms with Crippen LogP contribution in [-0.4, -0.2) is 98.0 Å². The van der Waals surface area contributed by atoms with Gasteiger partial charge in [0.05, 0.1) is 25.9 Å². The summed E-state index contributed by atoms with van der Waals surface area (Å²) < 4.78 is 16.2. The van der Waals surface area contributed by atoms with Crippen molar-refractivity contribution < 1.29 is 23.8 Å². The van der Waals surface area contributed by atoms with Crippen LogP contribution in [0.5, 0.6) is 0 Å². The molecule has 1 saturated heterocycles. The van der Waals surface area contributed by atoms with Gasteiger partial charge in [-0.25, -0.2) is 9.59 Å². The van der Waals surface area contributed by atoms with E-state index in [0.717, 1.165) is 83.5 Å². The third-order valence-electron chi connectivity index (χ3n) is 7.92. The van der Waals surface area contributed by atoms with Gasteiger partial charge in [-0.1, -0.05) is 6.08 Å². The number of esters is 1. The number of nitrogens with zero attached hydrogens (tertiary/aromatic N) is 3. The van der Waals surface area contributed by atoms with Crippen molar-refractivity contribution in [3.63, 3.8) is 0 Å². The highest BCUT2D eigenvalue weighted by Gasteiger charge is 2.33. The fourth-order valence-corrected chi connectivity index (χ4v) is 5.76. The van der Waals surface area contributed by atoms with Gasteiger partial charge < -0.3 is 24.0 Å². The summed E-state index contributed by atoms with van der Waals surface area (Å²) in [6.07, 6.45) is 9.68. The molecule has 0 N–H and O–H groups in total. The summed E-state index contributed by atoms with van der Waals surface area (Å²) >= 11 is 0. The molecule has 0 aromatic heterocycles. The van der Waals surface area contributed by atoms with E-state index in [1.165, 1.54) is 18.4 Å². The third-order valence-corrected chi connectivity index (χ3v) is 7.92. The van der Waals surface area contributed by atoms with Gasteiger partial charge in [0.15, 0.2) is 0 Å². The van der Waals surface area contributed by atoms with Gasteiger partial charge in [0.1, 0.15) is 5.60 Å². The normalized spacial score (nSPS) is 24.2. The van der Waals surface area contributed by atoms with Gasteiger partial charge in [-0.2, -0.15) is 0 Å². The molecule has 2 fully saturated rings. The van der Waals surface area contributed by atoms with Gasteiger partial charge in [0.25, 0.3) is 0 Å². The Kier molecular flexibility index (Phi) is 10.9. The highest BCUT2D eigenvalue weighted by atomic mass is 16.6. The molecular formula is C30H49N3O5. The minimum atomic E-state index is -0.495. The van der Waals surface area contributed by atoms with Crippen molar-refractivity contribution in [3.05, 3.63) is 34.6 Å². The topological polar surface area (TPSA) is 71.6 Å². The van der Waals surface area contributed by atoms with E-state index >= 15 is 0 Å². The Bertz CT molecular complexity index is 919. The molecule has 2 aliphatic carbocycles. The minimum absolute atomic E-state index is 0.183. The molecule has 1 saturated carbocycles. The summed E-state index contributed by atoms with van der Waals surface area (Å²) in [5, 5.41) is 0. The molecular weight excluding hydrogens is 482 g/mol. The van der Waals surface area contributed by atoms with Gasteiger partial charge in [-0.05, 0) is 83.9 Å². The van der Waals surface area contributed by atoms with E-state index in [0.29, 0.717) is 11.6 Å². The molecule has 3 rings (SSSR count). The Morgan fingerprint density at radius 3 is 2.34 bits per heavy atom. The van der Waals surface area contributed by atoms with Crippen LogP contribution in [0.25, 0.3) is 0 Å². The number of hydrogen-bond acceptors (Lipinski definition) is 7. The number of carbonyl (C=O) groups is 2. The first kappa shape index (κ1) is 30.2. The van der Waals surface area contributed by atoms with Crippen LogP contribution >= 0.6 is 0 Å². The molecule has 0 atom stereocenters. The summed E-state index contributed by atoms with van der Waals surface area (Å²) in [5.41, 5.74) is 3.57. The van der Waals surface area contributed by atoms with E-state index < -0.39 is 5.60 Å². The second kappa shape index (κ2) is 13.7. The lowest BCUT2D eigenvalue weighted by Crippen LogP contribution is -2.46. The first-order valence-corrected chi connectivity index (χ1v) is 14.3. The summed E-state index contributed by atoms with van der Waals surface area (Å²) in [4.78, 5) is 32.0. The SMILES string of the molecule is CCN(C1=C(C)C(C(=O)OC)=CC(=CCCN2CCOCC2)C1)C1CCC(N(C)C(=O)OC(C)(C)C)CC1. The molecule has 8 nitrogen and oxygen atoms in total. The smallest absolute Gasteiger partial charge is 0.410 e. The molecule has 3 aliphatic rings. The summed E-state index contributed by atoms with van der Waals surface area (Å²) in [6, 6.07) is 0.558. The fourth-order valence-electron chi connectivity index (χ4n) is 5.76. The number of hydrogen-bond donors (Lipinski definition) is 0. The molecule has 0 aromatic rings. The van der Waals surface area contributed by atoms with Crippen molar-refractivity contribution in [1.29, 1.82) is 0 Å². The van der Waals surface area contributed by atoms with Gasteiger partial charge in [0, 0.05) is 57.4 Å². The Balaban J connectivity index is 1.70. The second-order valence-electron chi connectivity index (χ2n) is 11.7. The Labute approximate surface area is 229 Å². The average Bonchev–Trinajstić information content (AvgIpc) is 2.89. The van der Waals surface area contributed by atoms with Crippen LogP contribution in [0.1, 0.15) is 73.1 Å². The van der Waals surface area contributed by atoms with Crippen molar-refractivity contribution in [1.82, 2.24) is 14.7 Å². The maximum absolute atomic E-state index is 12.7. The van der Waals surface area contributed by atoms with Crippen LogP contribution in [0, 0.1) is 0 Å². The lowest BCUT2D eigenvalue weighted by atomic mass is 9.86. The third kappa shape index (κ3) is 8.09. The lowest BCUT2D eigenvalue weighted by Gasteiger charge is -2.42. The molecule has 0 spiro atoms. The predicted molar refractivity (Wildman–Crippen MR) is 150 cm³/mol. The second-order valence-corrected chi connectivity index (χ2v) is 11.7. The zero-order valence-electron chi connectivity index (χ0n) is 24.7. The van der Waals surface area contributed by atoms with Crippen molar-refractivity contribution >= 4 is 12.1 Å². The zero-order chi connectivity index (χ0) is 27.9. The number of rotatable bonds is 8. The first-order chi connectivity index (χ1) is 18.0. The molecule has 1 aliphatic heterocycles. The summed E-state index contributed by atoms with van der Waals surface area (Å²) in [5.74, 6) is -0.280. The van der Waals surface area contributed by atoms with Crippen molar-refractivity contribution in [2.45, 2.75) is 90.8 Å². The first-order valence-electron chi connectivity index (χ1n) is 14.3. The monoisotopic (exact) mass is 531 g/mol. The molecule has 1 amide bonds. The molecule has 214 valence electrons. The highest BCUT2D eigenvalue weighted by Crippen LogP contribution is 2.36. The molecule has 0 unspecified atom stereocenters. The van der Waals surface area contributed by atoms with Gasteiger partial charge in [-0.3, -0.25) is 4.90 Å². The largest absolute Gasteiger partial charge is 0.465 e. The zero-order valence-corrected chi connectivity index (χ0v) is 24.7. The Morgan fingerprint density at radius 1 is 1.13 bits per heavy atom. The van der Waals surface area contributed by atoms with Crippen LogP contribution in [0.2, 0.25) is 0 Å². The fraction of sp³-hybridized carbons (Fsp3) is 0.733. The maximum Gasteiger partial charge on any atom is 0.410 e.